The summed E-state index contributed by atoms with van der Waals surface area (Å²) in [6.45, 7) is 4.41. The van der Waals surface area contributed by atoms with Crippen molar-refractivity contribution < 1.29 is 9.53 Å². The maximum Gasteiger partial charge on any atom is 0.325 e. The van der Waals surface area contributed by atoms with Gasteiger partial charge < -0.3 is 15.4 Å². The summed E-state index contributed by atoms with van der Waals surface area (Å²) in [5.74, 6) is -0.266. The van der Waals surface area contributed by atoms with E-state index in [1.54, 1.807) is 0 Å². The molecule has 1 saturated carbocycles. The molecule has 0 radical (unpaired) electrons. The number of hydrogen-bond donors (Lipinski definition) is 1. The fourth-order valence-corrected chi connectivity index (χ4v) is 2.95. The molecule has 17 heavy (non-hydrogen) atoms. The van der Waals surface area contributed by atoms with Gasteiger partial charge >= 0.3 is 5.97 Å². The van der Waals surface area contributed by atoms with Gasteiger partial charge in [-0.15, -0.1) is 0 Å². The molecular formula is C13H26N2O2. The van der Waals surface area contributed by atoms with Crippen molar-refractivity contribution in [3.05, 3.63) is 0 Å². The number of nitrogens with two attached hydrogens (primary N) is 1. The highest BCUT2D eigenvalue weighted by Crippen LogP contribution is 2.33. The van der Waals surface area contributed by atoms with E-state index in [1.807, 2.05) is 0 Å². The molecule has 0 aromatic heterocycles. The van der Waals surface area contributed by atoms with Crippen molar-refractivity contribution in [3.63, 3.8) is 0 Å². The molecule has 100 valence electrons. The Labute approximate surface area is 104 Å². The molecule has 0 spiro atoms. The highest BCUT2D eigenvalue weighted by atomic mass is 16.5. The van der Waals surface area contributed by atoms with Crippen molar-refractivity contribution in [2.75, 3.05) is 14.2 Å². The first kappa shape index (κ1) is 14.5. The molecule has 0 aromatic rings. The van der Waals surface area contributed by atoms with Gasteiger partial charge in [0.2, 0.25) is 0 Å². The molecule has 1 aliphatic rings. The van der Waals surface area contributed by atoms with Crippen LogP contribution in [0.25, 0.3) is 0 Å². The standard InChI is InChI=1S/C13H26N2O2/c1-5-10(6-2)15(3)11-7-8-13(14,9-11)12(16)17-4/h10-11H,5-9,14H2,1-4H3. The molecule has 4 heteroatoms. The molecule has 1 aliphatic carbocycles. The minimum atomic E-state index is -0.764. The van der Waals surface area contributed by atoms with Gasteiger partial charge in [-0.2, -0.15) is 0 Å². The predicted octanol–water partition coefficient (Wildman–Crippen LogP) is 1.53. The van der Waals surface area contributed by atoms with E-state index in [1.165, 1.54) is 7.11 Å². The number of carbonyl (C=O) groups is 1. The van der Waals surface area contributed by atoms with Crippen LogP contribution in [0.1, 0.15) is 46.0 Å². The average molecular weight is 242 g/mol. The lowest BCUT2D eigenvalue weighted by Crippen LogP contribution is -2.48. The summed E-state index contributed by atoms with van der Waals surface area (Å²) >= 11 is 0. The maximum atomic E-state index is 11.6. The van der Waals surface area contributed by atoms with Crippen LogP contribution in [0.5, 0.6) is 0 Å². The van der Waals surface area contributed by atoms with E-state index < -0.39 is 5.54 Å². The Morgan fingerprint density at radius 2 is 2.12 bits per heavy atom. The number of esters is 1. The van der Waals surface area contributed by atoms with Crippen LogP contribution < -0.4 is 5.73 Å². The number of rotatable bonds is 5. The van der Waals surface area contributed by atoms with Crippen LogP contribution in [-0.2, 0) is 9.53 Å². The summed E-state index contributed by atoms with van der Waals surface area (Å²) in [4.78, 5) is 14.0. The highest BCUT2D eigenvalue weighted by molar-refractivity contribution is 5.81. The molecule has 0 amide bonds. The van der Waals surface area contributed by atoms with Crippen LogP contribution in [0.3, 0.4) is 0 Å². The molecule has 0 saturated heterocycles. The highest BCUT2D eigenvalue weighted by Gasteiger charge is 2.44. The average Bonchev–Trinajstić information content (AvgIpc) is 2.73. The van der Waals surface area contributed by atoms with Crippen molar-refractivity contribution >= 4 is 5.97 Å². The molecule has 0 bridgehead atoms. The SMILES string of the molecule is CCC(CC)N(C)C1CCC(N)(C(=O)OC)C1. The molecule has 0 aromatic carbocycles. The van der Waals surface area contributed by atoms with Crippen LogP contribution in [0.15, 0.2) is 0 Å². The summed E-state index contributed by atoms with van der Waals surface area (Å²) in [5.41, 5.74) is 5.36. The Balaban J connectivity index is 2.63. The smallest absolute Gasteiger partial charge is 0.325 e. The molecule has 1 fully saturated rings. The lowest BCUT2D eigenvalue weighted by Gasteiger charge is -2.32. The Morgan fingerprint density at radius 3 is 2.59 bits per heavy atom. The monoisotopic (exact) mass is 242 g/mol. The van der Waals surface area contributed by atoms with E-state index >= 15 is 0 Å². The lowest BCUT2D eigenvalue weighted by molar-refractivity contribution is -0.147. The van der Waals surface area contributed by atoms with Crippen LogP contribution in [0.4, 0.5) is 0 Å². The number of ether oxygens (including phenoxy) is 1. The van der Waals surface area contributed by atoms with Gasteiger partial charge in [-0.3, -0.25) is 4.79 Å². The zero-order valence-electron chi connectivity index (χ0n) is 11.5. The summed E-state index contributed by atoms with van der Waals surface area (Å²) in [6.07, 6.45) is 4.71. The zero-order valence-corrected chi connectivity index (χ0v) is 11.5. The van der Waals surface area contributed by atoms with Gasteiger partial charge in [0.25, 0.3) is 0 Å². The van der Waals surface area contributed by atoms with E-state index in [0.717, 1.165) is 25.7 Å². The topological polar surface area (TPSA) is 55.6 Å². The lowest BCUT2D eigenvalue weighted by atomic mass is 9.98. The van der Waals surface area contributed by atoms with Crippen molar-refractivity contribution in [2.24, 2.45) is 5.73 Å². The maximum absolute atomic E-state index is 11.6. The van der Waals surface area contributed by atoms with Gasteiger partial charge in [-0.25, -0.2) is 0 Å². The number of nitrogens with zero attached hydrogens (tertiary/aromatic N) is 1. The third-order valence-corrected chi connectivity index (χ3v) is 4.21. The largest absolute Gasteiger partial charge is 0.468 e. The summed E-state index contributed by atoms with van der Waals surface area (Å²) in [5, 5.41) is 0. The van der Waals surface area contributed by atoms with Crippen molar-refractivity contribution in [2.45, 2.75) is 63.6 Å². The molecule has 4 nitrogen and oxygen atoms in total. The molecule has 2 unspecified atom stereocenters. The van der Waals surface area contributed by atoms with Crippen molar-refractivity contribution in [1.29, 1.82) is 0 Å². The van der Waals surface area contributed by atoms with Gasteiger partial charge in [0.1, 0.15) is 5.54 Å². The van der Waals surface area contributed by atoms with E-state index in [0.29, 0.717) is 18.5 Å². The zero-order chi connectivity index (χ0) is 13.1. The minimum absolute atomic E-state index is 0.266. The molecular weight excluding hydrogens is 216 g/mol. The Kier molecular flexibility index (Phi) is 4.95. The first-order chi connectivity index (χ1) is 7.98. The first-order valence-corrected chi connectivity index (χ1v) is 6.57. The predicted molar refractivity (Wildman–Crippen MR) is 68.7 cm³/mol. The van der Waals surface area contributed by atoms with Crippen LogP contribution in [0.2, 0.25) is 0 Å². The van der Waals surface area contributed by atoms with E-state index in [-0.39, 0.29) is 5.97 Å². The number of carbonyl (C=O) groups excluding carboxylic acids is 1. The van der Waals surface area contributed by atoms with Gasteiger partial charge in [0.15, 0.2) is 0 Å². The Bertz CT molecular complexity index is 266. The number of hydrogen-bond acceptors (Lipinski definition) is 4. The Morgan fingerprint density at radius 1 is 1.53 bits per heavy atom. The molecule has 0 heterocycles. The second kappa shape index (κ2) is 5.83. The second-order valence-electron chi connectivity index (χ2n) is 5.18. The van der Waals surface area contributed by atoms with Crippen LogP contribution in [-0.4, -0.2) is 42.6 Å². The van der Waals surface area contributed by atoms with Crippen LogP contribution in [0, 0.1) is 0 Å². The molecule has 2 N–H and O–H groups in total. The van der Waals surface area contributed by atoms with Crippen LogP contribution >= 0.6 is 0 Å². The van der Waals surface area contributed by atoms with Gasteiger partial charge in [-0.05, 0) is 39.2 Å². The minimum Gasteiger partial charge on any atom is -0.468 e. The van der Waals surface area contributed by atoms with Crippen molar-refractivity contribution in [1.82, 2.24) is 4.90 Å². The first-order valence-electron chi connectivity index (χ1n) is 6.57. The summed E-state index contributed by atoms with van der Waals surface area (Å²) < 4.78 is 4.80. The summed E-state index contributed by atoms with van der Waals surface area (Å²) in [7, 11) is 3.56. The molecule has 0 aliphatic heterocycles. The van der Waals surface area contributed by atoms with E-state index in [2.05, 4.69) is 25.8 Å². The fourth-order valence-electron chi connectivity index (χ4n) is 2.95. The van der Waals surface area contributed by atoms with E-state index in [4.69, 9.17) is 10.5 Å². The fraction of sp³-hybridized carbons (Fsp3) is 0.923. The Hall–Kier alpha value is -0.610. The molecule has 1 rings (SSSR count). The third-order valence-electron chi connectivity index (χ3n) is 4.21. The van der Waals surface area contributed by atoms with Gasteiger partial charge in [0.05, 0.1) is 7.11 Å². The summed E-state index contributed by atoms with van der Waals surface area (Å²) in [6, 6.07) is 0.990. The van der Waals surface area contributed by atoms with E-state index in [9.17, 15) is 4.79 Å². The molecule has 2 atom stereocenters. The quantitative estimate of drug-likeness (QED) is 0.743. The normalized spacial score (nSPS) is 29.0. The van der Waals surface area contributed by atoms with Gasteiger partial charge in [-0.1, -0.05) is 13.8 Å². The second-order valence-corrected chi connectivity index (χ2v) is 5.18. The van der Waals surface area contributed by atoms with Crippen molar-refractivity contribution in [3.8, 4) is 0 Å². The van der Waals surface area contributed by atoms with Gasteiger partial charge in [0, 0.05) is 12.1 Å². The number of methoxy groups -OCH3 is 1. The third kappa shape index (κ3) is 2.99.